The molecule has 6 rings (SSSR count). The van der Waals surface area contributed by atoms with Crippen molar-refractivity contribution in [2.45, 2.75) is 74.1 Å². The zero-order chi connectivity index (χ0) is 30.7. The number of aromatic hydroxyl groups is 4. The van der Waals surface area contributed by atoms with E-state index in [4.69, 9.17) is 5.11 Å². The van der Waals surface area contributed by atoms with E-state index in [1.54, 1.807) is 48.5 Å². The molecular formula is C37H50O4. The highest BCUT2D eigenvalue weighted by molar-refractivity contribution is 5.90. The Hall–Kier alpha value is -3.66. The molecule has 2 bridgehead atoms. The van der Waals surface area contributed by atoms with Gasteiger partial charge in [0.25, 0.3) is 0 Å². The van der Waals surface area contributed by atoms with Crippen molar-refractivity contribution in [3.8, 4) is 23.0 Å². The summed E-state index contributed by atoms with van der Waals surface area (Å²) in [5.41, 5.74) is 0.910. The van der Waals surface area contributed by atoms with E-state index in [1.165, 1.54) is 12.8 Å². The Kier molecular flexibility index (Phi) is 13.1. The van der Waals surface area contributed by atoms with E-state index in [1.807, 2.05) is 59.7 Å². The third kappa shape index (κ3) is 8.66. The molecule has 4 heteroatoms. The number of benzene rings is 4. The second-order valence-electron chi connectivity index (χ2n) is 10.9. The summed E-state index contributed by atoms with van der Waals surface area (Å²) in [4.78, 5) is 0. The summed E-state index contributed by atoms with van der Waals surface area (Å²) in [6, 6.07) is 19.0. The quantitative estimate of drug-likeness (QED) is 0.184. The van der Waals surface area contributed by atoms with Crippen LogP contribution in [0.2, 0.25) is 0 Å². The average molecular weight is 559 g/mol. The second-order valence-corrected chi connectivity index (χ2v) is 10.9. The summed E-state index contributed by atoms with van der Waals surface area (Å²) < 4.78 is 0. The summed E-state index contributed by atoms with van der Waals surface area (Å²) in [6.07, 6.45) is 7.80. The van der Waals surface area contributed by atoms with Gasteiger partial charge in [-0.2, -0.15) is 0 Å². The lowest BCUT2D eigenvalue weighted by Gasteiger charge is -2.21. The highest BCUT2D eigenvalue weighted by atomic mass is 16.3. The van der Waals surface area contributed by atoms with E-state index < -0.39 is 0 Å². The first kappa shape index (κ1) is 33.5. The van der Waals surface area contributed by atoms with E-state index in [0.717, 1.165) is 45.4 Å². The standard InChI is InChI=1S/C13H14O2.C10H8O2.C10H16.2C2H6/c1-8(2)10-6-9-4-3-5-12(14)11(9)7-13(10)15;11-8-4-5-9-7(6-8)2-1-3-10(9)12;1-7(2)10-6-8-3-4-9(10)5-8;2*1-2/h3-8,14-15H,1-2H3;1-6,11-12H;3-4,7-10H,5-6H2,1-2H3;2*1-2H3. The summed E-state index contributed by atoms with van der Waals surface area (Å²) in [7, 11) is 0. The molecule has 4 aromatic carbocycles. The monoisotopic (exact) mass is 558 g/mol. The normalized spacial score (nSPS) is 18.0. The van der Waals surface area contributed by atoms with Gasteiger partial charge in [-0.15, -0.1) is 0 Å². The number of hydrogen-bond acceptors (Lipinski definition) is 4. The van der Waals surface area contributed by atoms with E-state index in [2.05, 4.69) is 26.0 Å². The van der Waals surface area contributed by atoms with Crippen LogP contribution >= 0.6 is 0 Å². The van der Waals surface area contributed by atoms with Gasteiger partial charge in [0, 0.05) is 10.8 Å². The lowest BCUT2D eigenvalue weighted by atomic mass is 9.84. The Morgan fingerprint density at radius 3 is 1.68 bits per heavy atom. The summed E-state index contributed by atoms with van der Waals surface area (Å²) in [6.45, 7) is 16.8. The van der Waals surface area contributed by atoms with Gasteiger partial charge in [-0.1, -0.05) is 91.8 Å². The minimum Gasteiger partial charge on any atom is -0.508 e. The molecular weight excluding hydrogens is 508 g/mol. The van der Waals surface area contributed by atoms with E-state index in [0.29, 0.717) is 5.39 Å². The van der Waals surface area contributed by atoms with E-state index in [9.17, 15) is 15.3 Å². The Morgan fingerprint density at radius 1 is 0.610 bits per heavy atom. The Morgan fingerprint density at radius 2 is 1.20 bits per heavy atom. The molecule has 2 aliphatic carbocycles. The van der Waals surface area contributed by atoms with Crippen molar-refractivity contribution in [2.75, 3.05) is 0 Å². The molecule has 41 heavy (non-hydrogen) atoms. The highest BCUT2D eigenvalue weighted by Crippen LogP contribution is 2.46. The summed E-state index contributed by atoms with van der Waals surface area (Å²) >= 11 is 0. The van der Waals surface area contributed by atoms with Crippen molar-refractivity contribution in [1.82, 2.24) is 0 Å². The molecule has 222 valence electrons. The first-order valence-electron chi connectivity index (χ1n) is 15.2. The van der Waals surface area contributed by atoms with E-state index in [-0.39, 0.29) is 28.9 Å². The molecule has 0 heterocycles. The maximum atomic E-state index is 9.79. The fraction of sp³-hybridized carbons (Fsp3) is 0.405. The largest absolute Gasteiger partial charge is 0.508 e. The van der Waals surface area contributed by atoms with Gasteiger partial charge in [-0.3, -0.25) is 0 Å². The predicted molar refractivity (Wildman–Crippen MR) is 175 cm³/mol. The zero-order valence-corrected chi connectivity index (χ0v) is 26.1. The van der Waals surface area contributed by atoms with Crippen LogP contribution in [-0.2, 0) is 0 Å². The molecule has 4 N–H and O–H groups in total. The number of fused-ring (bicyclic) bond motifs is 4. The molecule has 3 atom stereocenters. The molecule has 4 aromatic rings. The molecule has 4 nitrogen and oxygen atoms in total. The molecule has 0 aliphatic heterocycles. The van der Waals surface area contributed by atoms with Crippen molar-refractivity contribution in [2.24, 2.45) is 23.7 Å². The van der Waals surface area contributed by atoms with Crippen LogP contribution < -0.4 is 0 Å². The van der Waals surface area contributed by atoms with Crippen molar-refractivity contribution in [3.63, 3.8) is 0 Å². The molecule has 3 unspecified atom stereocenters. The Balaban J connectivity index is 0.000000206. The fourth-order valence-corrected chi connectivity index (χ4v) is 5.62. The summed E-state index contributed by atoms with van der Waals surface area (Å²) in [5, 5.41) is 41.2. The SMILES string of the molecule is CC.CC.CC(C)C1CC2C=CC1C2.CC(C)c1cc2cccc(O)c2cc1O.Oc1ccc2c(O)cccc2c1. The number of hydrogen-bond donors (Lipinski definition) is 4. The third-order valence-electron chi connectivity index (χ3n) is 7.65. The average Bonchev–Trinajstić information content (AvgIpc) is 3.61. The van der Waals surface area contributed by atoms with Crippen LogP contribution in [0.5, 0.6) is 23.0 Å². The minimum absolute atomic E-state index is 0.207. The van der Waals surface area contributed by atoms with Gasteiger partial charge in [0.05, 0.1) is 0 Å². The van der Waals surface area contributed by atoms with Gasteiger partial charge < -0.3 is 20.4 Å². The molecule has 0 spiro atoms. The number of rotatable bonds is 2. The topological polar surface area (TPSA) is 80.9 Å². The Bertz CT molecular complexity index is 1400. The molecule has 1 fully saturated rings. The molecule has 2 aliphatic rings. The van der Waals surface area contributed by atoms with Crippen LogP contribution in [0.1, 0.15) is 79.7 Å². The lowest BCUT2D eigenvalue weighted by Crippen LogP contribution is -2.13. The smallest absolute Gasteiger partial charge is 0.123 e. The van der Waals surface area contributed by atoms with Crippen LogP contribution in [0.25, 0.3) is 21.5 Å². The van der Waals surface area contributed by atoms with Crippen LogP contribution in [0.3, 0.4) is 0 Å². The maximum Gasteiger partial charge on any atom is 0.123 e. The van der Waals surface area contributed by atoms with Crippen molar-refractivity contribution >= 4 is 21.5 Å². The van der Waals surface area contributed by atoms with Crippen LogP contribution in [0, 0.1) is 23.7 Å². The zero-order valence-electron chi connectivity index (χ0n) is 26.1. The lowest BCUT2D eigenvalue weighted by molar-refractivity contribution is 0.331. The maximum absolute atomic E-state index is 9.79. The first-order chi connectivity index (χ1) is 19.6. The Labute approximate surface area is 247 Å². The summed E-state index contributed by atoms with van der Waals surface area (Å²) in [5.74, 6) is 5.01. The molecule has 1 saturated carbocycles. The first-order valence-corrected chi connectivity index (χ1v) is 15.2. The van der Waals surface area contributed by atoms with Crippen molar-refractivity contribution in [3.05, 3.63) is 84.4 Å². The molecule has 0 saturated heterocycles. The molecule has 0 amide bonds. The van der Waals surface area contributed by atoms with Gasteiger partial charge in [-0.05, 0) is 101 Å². The molecule has 0 radical (unpaired) electrons. The number of phenols is 4. The minimum atomic E-state index is 0.207. The van der Waals surface area contributed by atoms with E-state index >= 15 is 0 Å². The number of phenolic OH excluding ortho intramolecular Hbond substituents is 4. The second kappa shape index (κ2) is 16.0. The van der Waals surface area contributed by atoms with Crippen LogP contribution in [0.4, 0.5) is 0 Å². The number of allylic oxidation sites excluding steroid dienone is 2. The predicted octanol–water partition coefficient (Wildman–Crippen LogP) is 10.5. The van der Waals surface area contributed by atoms with Gasteiger partial charge in [0.2, 0.25) is 0 Å². The van der Waals surface area contributed by atoms with Crippen LogP contribution in [-0.4, -0.2) is 20.4 Å². The van der Waals surface area contributed by atoms with Gasteiger partial charge in [-0.25, -0.2) is 0 Å². The van der Waals surface area contributed by atoms with Gasteiger partial charge in [0.15, 0.2) is 0 Å². The van der Waals surface area contributed by atoms with Crippen molar-refractivity contribution < 1.29 is 20.4 Å². The van der Waals surface area contributed by atoms with Gasteiger partial charge in [0.1, 0.15) is 23.0 Å². The van der Waals surface area contributed by atoms with Crippen molar-refractivity contribution in [1.29, 1.82) is 0 Å². The fourth-order valence-electron chi connectivity index (χ4n) is 5.62. The van der Waals surface area contributed by atoms with Gasteiger partial charge >= 0.3 is 0 Å². The highest BCUT2D eigenvalue weighted by Gasteiger charge is 2.36. The van der Waals surface area contributed by atoms with Crippen LogP contribution in [0.15, 0.2) is 78.9 Å². The molecule has 0 aromatic heterocycles. The third-order valence-corrected chi connectivity index (χ3v) is 7.65.